The molecule has 0 aromatic carbocycles. The van der Waals surface area contributed by atoms with Crippen molar-refractivity contribution in [2.24, 2.45) is 33.5 Å². The summed E-state index contributed by atoms with van der Waals surface area (Å²) in [5.74, 6) is -1.30. The summed E-state index contributed by atoms with van der Waals surface area (Å²) in [6, 6.07) is 0. The van der Waals surface area contributed by atoms with Crippen LogP contribution in [0.1, 0.15) is 79.6 Å². The summed E-state index contributed by atoms with van der Waals surface area (Å²) < 4.78 is 0. The van der Waals surface area contributed by atoms with E-state index in [1.807, 2.05) is 27.7 Å². The average molecular weight is 459 g/mol. The van der Waals surface area contributed by atoms with E-state index in [4.69, 9.17) is 5.11 Å². The van der Waals surface area contributed by atoms with Crippen LogP contribution in [0.15, 0.2) is 23.3 Å². The molecule has 0 bridgehead atoms. The lowest BCUT2D eigenvalue weighted by Gasteiger charge is -2.61. The van der Waals surface area contributed by atoms with Crippen molar-refractivity contribution in [2.45, 2.75) is 91.8 Å². The zero-order chi connectivity index (χ0) is 24.7. The van der Waals surface area contributed by atoms with Crippen LogP contribution < -0.4 is 0 Å². The van der Waals surface area contributed by atoms with Crippen LogP contribution in [0.2, 0.25) is 0 Å². The van der Waals surface area contributed by atoms with Gasteiger partial charge < -0.3 is 15.3 Å². The van der Waals surface area contributed by atoms with Crippen molar-refractivity contribution in [3.8, 4) is 0 Å². The maximum atomic E-state index is 13.9. The number of carboxylic acids is 1. The Morgan fingerprint density at radius 2 is 1.73 bits per heavy atom. The number of aliphatic hydroxyl groups excluding tert-OH is 2. The molecule has 0 aromatic heterocycles. The number of Topliss-reactive ketones (excluding diaryl/α,β-unsaturated/α-hetero) is 2. The number of carbonyl (C=O) groups is 3. The van der Waals surface area contributed by atoms with Crippen molar-refractivity contribution < 1.29 is 29.7 Å². The van der Waals surface area contributed by atoms with Crippen LogP contribution in [0.4, 0.5) is 0 Å². The van der Waals surface area contributed by atoms with E-state index in [0.29, 0.717) is 36.0 Å². The molecule has 3 N–H and O–H groups in total. The number of ketones is 2. The molecule has 6 nitrogen and oxygen atoms in total. The number of allylic oxidation sites excluding steroid dienone is 2. The molecule has 7 atom stereocenters. The summed E-state index contributed by atoms with van der Waals surface area (Å²) >= 11 is 0. The molecule has 33 heavy (non-hydrogen) atoms. The lowest BCUT2D eigenvalue weighted by molar-refractivity contribution is -0.141. The Morgan fingerprint density at radius 3 is 2.33 bits per heavy atom. The number of carboxylic acid groups (broad SMARTS) is 1. The molecular formula is C27H38O6. The third-order valence-electron chi connectivity index (χ3n) is 10.5. The Bertz CT molecular complexity index is 975. The SMILES string of the molecule is C=C(CCC(=O)O)[C@H]1CC(=O)[C@@]2(C)C3=C(C(=O)C[C@]12C)[C@@]1(C)CC[C@H](O)C(C)(C)[C@@H]1C[C@@H]3O. The molecule has 0 aliphatic heterocycles. The zero-order valence-corrected chi connectivity index (χ0v) is 20.5. The number of aliphatic hydroxyl groups is 2. The molecule has 0 unspecified atom stereocenters. The highest BCUT2D eigenvalue weighted by molar-refractivity contribution is 6.05. The Balaban J connectivity index is 1.86. The first-order valence-corrected chi connectivity index (χ1v) is 12.2. The lowest BCUT2D eigenvalue weighted by atomic mass is 9.42. The van der Waals surface area contributed by atoms with Crippen molar-refractivity contribution in [3.05, 3.63) is 23.3 Å². The van der Waals surface area contributed by atoms with Gasteiger partial charge in [0.1, 0.15) is 5.78 Å². The second-order valence-electron chi connectivity index (χ2n) is 12.3. The fraction of sp³-hybridized carbons (Fsp3) is 0.741. The van der Waals surface area contributed by atoms with Crippen molar-refractivity contribution in [1.29, 1.82) is 0 Å². The van der Waals surface area contributed by atoms with Gasteiger partial charge in [-0.1, -0.05) is 39.8 Å². The number of fused-ring (bicyclic) bond motifs is 4. The van der Waals surface area contributed by atoms with E-state index >= 15 is 0 Å². The molecular weight excluding hydrogens is 420 g/mol. The van der Waals surface area contributed by atoms with Crippen LogP contribution in [-0.2, 0) is 14.4 Å². The van der Waals surface area contributed by atoms with Gasteiger partial charge in [-0.25, -0.2) is 0 Å². The van der Waals surface area contributed by atoms with Gasteiger partial charge in [0, 0.05) is 24.8 Å². The zero-order valence-electron chi connectivity index (χ0n) is 20.5. The number of hydrogen-bond donors (Lipinski definition) is 3. The number of hydrogen-bond acceptors (Lipinski definition) is 5. The smallest absolute Gasteiger partial charge is 0.303 e. The van der Waals surface area contributed by atoms with Gasteiger partial charge in [-0.3, -0.25) is 14.4 Å². The molecule has 182 valence electrons. The summed E-state index contributed by atoms with van der Waals surface area (Å²) in [4.78, 5) is 38.7. The Hall–Kier alpha value is -1.79. The predicted octanol–water partition coefficient (Wildman–Crippen LogP) is 3.85. The van der Waals surface area contributed by atoms with Crippen LogP contribution in [0, 0.1) is 33.5 Å². The number of aliphatic carboxylic acids is 1. The van der Waals surface area contributed by atoms with E-state index in [1.165, 1.54) is 0 Å². The Kier molecular flexibility index (Phi) is 5.42. The van der Waals surface area contributed by atoms with Crippen molar-refractivity contribution in [3.63, 3.8) is 0 Å². The minimum Gasteiger partial charge on any atom is -0.481 e. The molecule has 6 heteroatoms. The summed E-state index contributed by atoms with van der Waals surface area (Å²) in [7, 11) is 0. The van der Waals surface area contributed by atoms with Crippen LogP contribution in [0.25, 0.3) is 0 Å². The fourth-order valence-electron chi connectivity index (χ4n) is 8.26. The highest BCUT2D eigenvalue weighted by Crippen LogP contribution is 2.70. The third kappa shape index (κ3) is 3.02. The maximum absolute atomic E-state index is 13.9. The summed E-state index contributed by atoms with van der Waals surface area (Å²) in [6.07, 6.45) is 0.828. The normalized spacial score (nSPS) is 44.2. The molecule has 4 aliphatic carbocycles. The quantitative estimate of drug-likeness (QED) is 0.552. The van der Waals surface area contributed by atoms with Crippen molar-refractivity contribution in [1.82, 2.24) is 0 Å². The second-order valence-corrected chi connectivity index (χ2v) is 12.3. The van der Waals surface area contributed by atoms with Gasteiger partial charge >= 0.3 is 5.97 Å². The van der Waals surface area contributed by atoms with E-state index in [-0.39, 0.29) is 49.1 Å². The standard InChI is InChI=1S/C27H38O6/c1-14(7-8-21(32)33)15-11-20(31)27(6)23-16(28)12-18-24(2,3)19(30)9-10-25(18,4)22(23)17(29)13-26(15,27)5/h15-16,18-19,28,30H,1,7-13H2,2-6H3,(H,32,33)/t15-,16+,18+,19+,25+,26-,27+/m1/s1. The fourth-order valence-corrected chi connectivity index (χ4v) is 8.26. The molecule has 0 aromatic rings. The predicted molar refractivity (Wildman–Crippen MR) is 123 cm³/mol. The van der Waals surface area contributed by atoms with E-state index in [2.05, 4.69) is 13.5 Å². The molecule has 0 heterocycles. The number of rotatable bonds is 4. The van der Waals surface area contributed by atoms with Gasteiger partial charge in [-0.2, -0.15) is 0 Å². The minimum absolute atomic E-state index is 0.00248. The first-order valence-electron chi connectivity index (χ1n) is 12.2. The van der Waals surface area contributed by atoms with Crippen LogP contribution >= 0.6 is 0 Å². The molecule has 0 saturated heterocycles. The Morgan fingerprint density at radius 1 is 1.09 bits per heavy atom. The topological polar surface area (TPSA) is 112 Å². The highest BCUT2D eigenvalue weighted by Gasteiger charge is 2.69. The lowest BCUT2D eigenvalue weighted by Crippen LogP contribution is -2.60. The number of carbonyl (C=O) groups excluding carboxylic acids is 2. The van der Waals surface area contributed by atoms with Gasteiger partial charge in [-0.05, 0) is 66.3 Å². The first-order chi connectivity index (χ1) is 15.1. The van der Waals surface area contributed by atoms with Gasteiger partial charge in [-0.15, -0.1) is 0 Å². The van der Waals surface area contributed by atoms with Crippen molar-refractivity contribution in [2.75, 3.05) is 0 Å². The summed E-state index contributed by atoms with van der Waals surface area (Å²) in [6.45, 7) is 14.1. The van der Waals surface area contributed by atoms with Gasteiger partial charge in [0.25, 0.3) is 0 Å². The minimum atomic E-state index is -0.999. The van der Waals surface area contributed by atoms with Gasteiger partial charge in [0.05, 0.1) is 17.6 Å². The molecule has 0 amide bonds. The Labute approximate surface area is 196 Å². The summed E-state index contributed by atoms with van der Waals surface area (Å²) in [5, 5.41) is 31.3. The van der Waals surface area contributed by atoms with Gasteiger partial charge in [0.15, 0.2) is 5.78 Å². The molecule has 0 spiro atoms. The van der Waals surface area contributed by atoms with Gasteiger partial charge in [0.2, 0.25) is 0 Å². The molecule has 2 fully saturated rings. The van der Waals surface area contributed by atoms with E-state index in [9.17, 15) is 24.6 Å². The second kappa shape index (κ2) is 7.35. The maximum Gasteiger partial charge on any atom is 0.303 e. The molecule has 0 radical (unpaired) electrons. The molecule has 4 rings (SSSR count). The highest BCUT2D eigenvalue weighted by atomic mass is 16.4. The monoisotopic (exact) mass is 458 g/mol. The average Bonchev–Trinajstić information content (AvgIpc) is 2.92. The van der Waals surface area contributed by atoms with Crippen LogP contribution in [0.5, 0.6) is 0 Å². The van der Waals surface area contributed by atoms with Crippen LogP contribution in [-0.4, -0.2) is 45.1 Å². The van der Waals surface area contributed by atoms with Crippen molar-refractivity contribution >= 4 is 17.5 Å². The van der Waals surface area contributed by atoms with E-state index in [1.54, 1.807) is 0 Å². The third-order valence-corrected chi connectivity index (χ3v) is 10.5. The molecule has 4 aliphatic rings. The van der Waals surface area contributed by atoms with E-state index < -0.39 is 39.8 Å². The van der Waals surface area contributed by atoms with Crippen LogP contribution in [0.3, 0.4) is 0 Å². The summed E-state index contributed by atoms with van der Waals surface area (Å²) in [5.41, 5.74) is -0.796. The first kappa shape index (κ1) is 24.3. The largest absolute Gasteiger partial charge is 0.481 e. The van der Waals surface area contributed by atoms with E-state index in [0.717, 1.165) is 0 Å². The molecule has 2 saturated carbocycles.